The molecule has 76 valence electrons. The molecule has 0 aromatic heterocycles. The lowest BCUT2D eigenvalue weighted by molar-refractivity contribution is 0.373. The highest BCUT2D eigenvalue weighted by Gasteiger charge is 2.02. The van der Waals surface area contributed by atoms with Crippen molar-refractivity contribution in [2.24, 2.45) is 0 Å². The van der Waals surface area contributed by atoms with Crippen LogP contribution in [0.4, 0.5) is 5.69 Å². The first kappa shape index (κ1) is 10.6. The van der Waals surface area contributed by atoms with Crippen molar-refractivity contribution in [1.82, 2.24) is 5.32 Å². The number of hydrogen-bond donors (Lipinski definition) is 3. The standard InChI is InChI=1S/C9H12N2O2S/c1-10-9(14)11-6-3-4-8(13-2)7(12)5-6/h3-5,12H,1-2H3,(H2,10,11,14). The van der Waals surface area contributed by atoms with Gasteiger partial charge >= 0.3 is 0 Å². The largest absolute Gasteiger partial charge is 0.504 e. The Balaban J connectivity index is 2.81. The van der Waals surface area contributed by atoms with Gasteiger partial charge in [0.2, 0.25) is 0 Å². The van der Waals surface area contributed by atoms with Crippen LogP contribution < -0.4 is 15.4 Å². The van der Waals surface area contributed by atoms with Crippen molar-refractivity contribution in [1.29, 1.82) is 0 Å². The number of phenolic OH excluding ortho intramolecular Hbond substituents is 1. The molecule has 1 aromatic carbocycles. The first-order valence-corrected chi connectivity index (χ1v) is 4.44. The molecule has 4 nitrogen and oxygen atoms in total. The van der Waals surface area contributed by atoms with Gasteiger partial charge in [0.15, 0.2) is 16.6 Å². The molecule has 14 heavy (non-hydrogen) atoms. The summed E-state index contributed by atoms with van der Waals surface area (Å²) in [6.07, 6.45) is 0. The SMILES string of the molecule is CNC(=S)Nc1ccc(OC)c(O)c1. The molecule has 1 aromatic rings. The van der Waals surface area contributed by atoms with Crippen LogP contribution in [0.3, 0.4) is 0 Å². The van der Waals surface area contributed by atoms with E-state index in [1.54, 1.807) is 25.2 Å². The van der Waals surface area contributed by atoms with Gasteiger partial charge < -0.3 is 20.5 Å². The molecule has 0 aliphatic carbocycles. The summed E-state index contributed by atoms with van der Waals surface area (Å²) >= 11 is 4.91. The predicted molar refractivity (Wildman–Crippen MR) is 59.9 cm³/mol. The molecule has 0 radical (unpaired) electrons. The molecule has 5 heteroatoms. The lowest BCUT2D eigenvalue weighted by atomic mass is 10.3. The summed E-state index contributed by atoms with van der Waals surface area (Å²) in [5, 5.41) is 15.6. The van der Waals surface area contributed by atoms with Gasteiger partial charge in [-0.3, -0.25) is 0 Å². The van der Waals surface area contributed by atoms with Crippen LogP contribution in [0, 0.1) is 0 Å². The van der Waals surface area contributed by atoms with Crippen LogP contribution in [0.15, 0.2) is 18.2 Å². The molecule has 0 saturated carbocycles. The molecule has 0 spiro atoms. The van der Waals surface area contributed by atoms with Crippen molar-refractivity contribution in [2.75, 3.05) is 19.5 Å². The highest BCUT2D eigenvalue weighted by molar-refractivity contribution is 7.80. The molecule has 0 aliphatic heterocycles. The number of thiocarbonyl (C=S) groups is 1. The Morgan fingerprint density at radius 3 is 2.71 bits per heavy atom. The fourth-order valence-corrected chi connectivity index (χ4v) is 1.08. The molecule has 0 atom stereocenters. The van der Waals surface area contributed by atoms with Crippen LogP contribution in [0.1, 0.15) is 0 Å². The third kappa shape index (κ3) is 2.50. The third-order valence-corrected chi connectivity index (χ3v) is 1.97. The molecular formula is C9H12N2O2S. The van der Waals surface area contributed by atoms with E-state index in [9.17, 15) is 5.11 Å². The molecule has 0 aliphatic rings. The summed E-state index contributed by atoms with van der Waals surface area (Å²) in [5.41, 5.74) is 0.711. The maximum atomic E-state index is 9.45. The van der Waals surface area contributed by atoms with E-state index in [0.29, 0.717) is 16.5 Å². The van der Waals surface area contributed by atoms with E-state index in [-0.39, 0.29) is 5.75 Å². The number of anilines is 1. The highest BCUT2D eigenvalue weighted by Crippen LogP contribution is 2.28. The minimum atomic E-state index is 0.0800. The summed E-state index contributed by atoms with van der Waals surface area (Å²) < 4.78 is 4.91. The Hall–Kier alpha value is -1.49. The summed E-state index contributed by atoms with van der Waals surface area (Å²) in [6.45, 7) is 0. The zero-order chi connectivity index (χ0) is 10.6. The zero-order valence-electron chi connectivity index (χ0n) is 8.00. The Morgan fingerprint density at radius 1 is 1.50 bits per heavy atom. The fraction of sp³-hybridized carbons (Fsp3) is 0.222. The van der Waals surface area contributed by atoms with Gasteiger partial charge in [0.05, 0.1) is 7.11 Å². The molecule has 0 unspecified atom stereocenters. The lowest BCUT2D eigenvalue weighted by Crippen LogP contribution is -2.23. The monoisotopic (exact) mass is 212 g/mol. The average Bonchev–Trinajstić information content (AvgIpc) is 2.18. The number of aromatic hydroxyl groups is 1. The van der Waals surface area contributed by atoms with Gasteiger partial charge in [-0.2, -0.15) is 0 Å². The van der Waals surface area contributed by atoms with Crippen molar-refractivity contribution < 1.29 is 9.84 Å². The predicted octanol–water partition coefficient (Wildman–Crippen LogP) is 1.32. The van der Waals surface area contributed by atoms with Gasteiger partial charge in [0.25, 0.3) is 0 Å². The fourth-order valence-electron chi connectivity index (χ4n) is 0.961. The maximum Gasteiger partial charge on any atom is 0.170 e. The average molecular weight is 212 g/mol. The number of rotatable bonds is 2. The van der Waals surface area contributed by atoms with Gasteiger partial charge in [-0.1, -0.05) is 0 Å². The smallest absolute Gasteiger partial charge is 0.170 e. The second kappa shape index (κ2) is 4.66. The molecule has 3 N–H and O–H groups in total. The maximum absolute atomic E-state index is 9.45. The number of hydrogen-bond acceptors (Lipinski definition) is 3. The van der Waals surface area contributed by atoms with E-state index < -0.39 is 0 Å². The Kier molecular flexibility index (Phi) is 3.53. The molecule has 0 amide bonds. The van der Waals surface area contributed by atoms with Crippen LogP contribution in [0.2, 0.25) is 0 Å². The summed E-state index contributed by atoms with van der Waals surface area (Å²) in [4.78, 5) is 0. The van der Waals surface area contributed by atoms with Crippen molar-refractivity contribution in [3.63, 3.8) is 0 Å². The van der Waals surface area contributed by atoms with Crippen LogP contribution in [0.25, 0.3) is 0 Å². The minimum absolute atomic E-state index is 0.0800. The second-order valence-corrected chi connectivity index (χ2v) is 3.00. The molecular weight excluding hydrogens is 200 g/mol. The molecule has 1 rings (SSSR count). The number of nitrogens with one attached hydrogen (secondary N) is 2. The van der Waals surface area contributed by atoms with Gasteiger partial charge in [-0.05, 0) is 24.4 Å². The summed E-state index contributed by atoms with van der Waals surface area (Å²) in [6, 6.07) is 4.97. The normalized spacial score (nSPS) is 9.29. The van der Waals surface area contributed by atoms with E-state index in [1.165, 1.54) is 7.11 Å². The first-order chi connectivity index (χ1) is 6.67. The Labute approximate surface area is 87.9 Å². The van der Waals surface area contributed by atoms with Crippen LogP contribution in [-0.4, -0.2) is 24.4 Å². The van der Waals surface area contributed by atoms with Crippen molar-refractivity contribution in [3.8, 4) is 11.5 Å². The topological polar surface area (TPSA) is 53.5 Å². The second-order valence-electron chi connectivity index (χ2n) is 2.59. The zero-order valence-corrected chi connectivity index (χ0v) is 8.81. The van der Waals surface area contributed by atoms with Gasteiger partial charge in [0, 0.05) is 18.8 Å². The van der Waals surface area contributed by atoms with Gasteiger partial charge in [0.1, 0.15) is 0 Å². The Bertz CT molecular complexity index is 342. The van der Waals surface area contributed by atoms with Gasteiger partial charge in [-0.15, -0.1) is 0 Å². The van der Waals surface area contributed by atoms with E-state index in [1.807, 2.05) is 0 Å². The van der Waals surface area contributed by atoms with Crippen LogP contribution >= 0.6 is 12.2 Å². The Morgan fingerprint density at radius 2 is 2.21 bits per heavy atom. The third-order valence-electron chi connectivity index (χ3n) is 1.66. The minimum Gasteiger partial charge on any atom is -0.504 e. The summed E-state index contributed by atoms with van der Waals surface area (Å²) in [5.74, 6) is 0.516. The highest BCUT2D eigenvalue weighted by atomic mass is 32.1. The van der Waals surface area contributed by atoms with Crippen molar-refractivity contribution in [2.45, 2.75) is 0 Å². The first-order valence-electron chi connectivity index (χ1n) is 4.03. The molecule has 0 saturated heterocycles. The quantitative estimate of drug-likeness (QED) is 0.645. The number of methoxy groups -OCH3 is 1. The van der Waals surface area contributed by atoms with E-state index in [4.69, 9.17) is 17.0 Å². The van der Waals surface area contributed by atoms with Crippen LogP contribution in [0.5, 0.6) is 11.5 Å². The van der Waals surface area contributed by atoms with Crippen LogP contribution in [-0.2, 0) is 0 Å². The number of ether oxygens (including phenoxy) is 1. The molecule has 0 bridgehead atoms. The summed E-state index contributed by atoms with van der Waals surface area (Å²) in [7, 11) is 3.22. The van der Waals surface area contributed by atoms with Crippen molar-refractivity contribution >= 4 is 23.0 Å². The lowest BCUT2D eigenvalue weighted by Gasteiger charge is -2.08. The molecule has 0 fully saturated rings. The van der Waals surface area contributed by atoms with Crippen molar-refractivity contribution in [3.05, 3.63) is 18.2 Å². The molecule has 0 heterocycles. The van der Waals surface area contributed by atoms with E-state index >= 15 is 0 Å². The van der Waals surface area contributed by atoms with E-state index in [2.05, 4.69) is 10.6 Å². The number of benzene rings is 1. The number of phenols is 1. The van der Waals surface area contributed by atoms with Gasteiger partial charge in [-0.25, -0.2) is 0 Å². The van der Waals surface area contributed by atoms with E-state index in [0.717, 1.165) is 0 Å².